The zero-order chi connectivity index (χ0) is 16.1. The van der Waals surface area contributed by atoms with Crippen molar-refractivity contribution in [3.8, 4) is 0 Å². The molecule has 0 aliphatic rings. The highest BCUT2D eigenvalue weighted by Crippen LogP contribution is 2.21. The number of aromatic nitrogens is 2. The number of pyridine rings is 2. The van der Waals surface area contributed by atoms with E-state index in [-0.39, 0.29) is 17.4 Å². The van der Waals surface area contributed by atoms with Gasteiger partial charge in [0.1, 0.15) is 11.6 Å². The van der Waals surface area contributed by atoms with Gasteiger partial charge >= 0.3 is 0 Å². The summed E-state index contributed by atoms with van der Waals surface area (Å²) in [6.07, 6.45) is 4.69. The van der Waals surface area contributed by atoms with Crippen molar-refractivity contribution in [1.29, 1.82) is 0 Å². The van der Waals surface area contributed by atoms with Crippen LogP contribution in [0.15, 0.2) is 67.1 Å². The molecule has 0 atom stereocenters. The van der Waals surface area contributed by atoms with Crippen LogP contribution < -0.4 is 10.6 Å². The molecular formula is C17H13FN4O. The first-order valence-corrected chi connectivity index (χ1v) is 6.92. The first kappa shape index (κ1) is 14.6. The van der Waals surface area contributed by atoms with E-state index in [1.807, 2.05) is 0 Å². The van der Waals surface area contributed by atoms with E-state index in [2.05, 4.69) is 20.6 Å². The summed E-state index contributed by atoms with van der Waals surface area (Å²) >= 11 is 0. The average Bonchev–Trinajstić information content (AvgIpc) is 2.58. The van der Waals surface area contributed by atoms with E-state index in [0.717, 1.165) is 0 Å². The largest absolute Gasteiger partial charge is 0.337 e. The molecule has 6 heteroatoms. The molecule has 0 saturated carbocycles. The van der Waals surface area contributed by atoms with Crippen molar-refractivity contribution >= 4 is 23.1 Å². The quantitative estimate of drug-likeness (QED) is 0.772. The van der Waals surface area contributed by atoms with Gasteiger partial charge in [-0.05, 0) is 36.4 Å². The number of hydrogen-bond donors (Lipinski definition) is 2. The fourth-order valence-electron chi connectivity index (χ4n) is 2.01. The molecule has 3 aromatic rings. The summed E-state index contributed by atoms with van der Waals surface area (Å²) in [5.41, 5.74) is 1.12. The lowest BCUT2D eigenvalue weighted by molar-refractivity contribution is 0.102. The Bertz CT molecular complexity index is 824. The van der Waals surface area contributed by atoms with E-state index in [1.54, 1.807) is 48.7 Å². The predicted octanol–water partition coefficient (Wildman–Crippen LogP) is 3.61. The van der Waals surface area contributed by atoms with E-state index >= 15 is 0 Å². The molecule has 3 rings (SSSR count). The summed E-state index contributed by atoms with van der Waals surface area (Å²) in [7, 11) is 0. The van der Waals surface area contributed by atoms with Crippen LogP contribution >= 0.6 is 0 Å². The van der Waals surface area contributed by atoms with E-state index in [1.165, 1.54) is 18.5 Å². The van der Waals surface area contributed by atoms with Gasteiger partial charge in [0, 0.05) is 12.4 Å². The highest BCUT2D eigenvalue weighted by molar-refractivity contribution is 6.07. The lowest BCUT2D eigenvalue weighted by Gasteiger charge is -2.11. The van der Waals surface area contributed by atoms with Gasteiger partial charge in [-0.3, -0.25) is 9.78 Å². The van der Waals surface area contributed by atoms with Crippen LogP contribution in [0.3, 0.4) is 0 Å². The Morgan fingerprint density at radius 1 is 1.00 bits per heavy atom. The number of nitrogens with one attached hydrogen (secondary N) is 2. The minimum absolute atomic E-state index is 0.252. The summed E-state index contributed by atoms with van der Waals surface area (Å²) in [6.45, 7) is 0. The maximum absolute atomic E-state index is 13.8. The van der Waals surface area contributed by atoms with Gasteiger partial charge < -0.3 is 10.6 Å². The van der Waals surface area contributed by atoms with Crippen molar-refractivity contribution in [1.82, 2.24) is 9.97 Å². The number of amides is 1. The first-order chi connectivity index (χ1) is 11.2. The third kappa shape index (κ3) is 3.49. The number of nitrogens with zero attached hydrogens (tertiary/aromatic N) is 2. The Hall–Kier alpha value is -3.28. The summed E-state index contributed by atoms with van der Waals surface area (Å²) in [6, 6.07) is 12.9. The highest BCUT2D eigenvalue weighted by Gasteiger charge is 2.14. The third-order valence-corrected chi connectivity index (χ3v) is 3.10. The van der Waals surface area contributed by atoms with E-state index < -0.39 is 5.82 Å². The van der Waals surface area contributed by atoms with E-state index in [9.17, 15) is 9.18 Å². The summed E-state index contributed by atoms with van der Waals surface area (Å²) in [4.78, 5) is 20.5. The smallest absolute Gasteiger partial charge is 0.259 e. The number of rotatable bonds is 4. The standard InChI is InChI=1S/C17H13FN4O/c18-14-7-1-2-8-15(14)22-16-13(6-4-10-20-16)17(23)21-12-5-3-9-19-11-12/h1-11H,(H,20,22)(H,21,23). The van der Waals surface area contributed by atoms with Gasteiger partial charge in [-0.1, -0.05) is 12.1 Å². The van der Waals surface area contributed by atoms with Gasteiger partial charge in [-0.25, -0.2) is 9.37 Å². The molecule has 1 aromatic carbocycles. The molecule has 5 nitrogen and oxygen atoms in total. The summed E-state index contributed by atoms with van der Waals surface area (Å²) in [5, 5.41) is 5.57. The Balaban J connectivity index is 1.86. The van der Waals surface area contributed by atoms with Crippen molar-refractivity contribution in [3.05, 3.63) is 78.5 Å². The summed E-state index contributed by atoms with van der Waals surface area (Å²) < 4.78 is 13.8. The Morgan fingerprint density at radius 3 is 2.61 bits per heavy atom. The normalized spacial score (nSPS) is 10.1. The zero-order valence-electron chi connectivity index (χ0n) is 12.0. The molecule has 0 radical (unpaired) electrons. The first-order valence-electron chi connectivity index (χ1n) is 6.92. The Labute approximate surface area is 132 Å². The van der Waals surface area contributed by atoms with Crippen LogP contribution in [0, 0.1) is 5.82 Å². The number of hydrogen-bond acceptors (Lipinski definition) is 4. The molecular weight excluding hydrogens is 295 g/mol. The topological polar surface area (TPSA) is 66.9 Å². The van der Waals surface area contributed by atoms with Crippen LogP contribution in [-0.2, 0) is 0 Å². The van der Waals surface area contributed by atoms with Gasteiger partial charge in [0.15, 0.2) is 0 Å². The fourth-order valence-corrected chi connectivity index (χ4v) is 2.01. The third-order valence-electron chi connectivity index (χ3n) is 3.10. The number of halogens is 1. The number of carbonyl (C=O) groups excluding carboxylic acids is 1. The van der Waals surface area contributed by atoms with Crippen LogP contribution in [0.1, 0.15) is 10.4 Å². The molecule has 2 aromatic heterocycles. The van der Waals surface area contributed by atoms with Crippen LogP contribution in [0.4, 0.5) is 21.6 Å². The van der Waals surface area contributed by atoms with Crippen molar-refractivity contribution in [2.24, 2.45) is 0 Å². The average molecular weight is 308 g/mol. The lowest BCUT2D eigenvalue weighted by Crippen LogP contribution is -2.15. The van der Waals surface area contributed by atoms with E-state index in [4.69, 9.17) is 0 Å². The second-order valence-corrected chi connectivity index (χ2v) is 4.70. The monoisotopic (exact) mass is 308 g/mol. The van der Waals surface area contributed by atoms with Crippen molar-refractivity contribution in [2.75, 3.05) is 10.6 Å². The molecule has 0 aliphatic heterocycles. The predicted molar refractivity (Wildman–Crippen MR) is 86.1 cm³/mol. The van der Waals surface area contributed by atoms with Gasteiger partial charge in [0.05, 0.1) is 23.1 Å². The van der Waals surface area contributed by atoms with Crippen LogP contribution in [0.25, 0.3) is 0 Å². The molecule has 0 saturated heterocycles. The minimum atomic E-state index is -0.420. The second kappa shape index (κ2) is 6.65. The Kier molecular flexibility index (Phi) is 4.24. The molecule has 0 spiro atoms. The van der Waals surface area contributed by atoms with Crippen molar-refractivity contribution in [2.45, 2.75) is 0 Å². The maximum atomic E-state index is 13.8. The molecule has 0 fully saturated rings. The SMILES string of the molecule is O=C(Nc1cccnc1)c1cccnc1Nc1ccccc1F. The molecule has 114 valence electrons. The van der Waals surface area contributed by atoms with Crippen LogP contribution in [0.2, 0.25) is 0 Å². The van der Waals surface area contributed by atoms with Gasteiger partial charge in [-0.15, -0.1) is 0 Å². The van der Waals surface area contributed by atoms with Gasteiger partial charge in [0.2, 0.25) is 0 Å². The number of benzene rings is 1. The lowest BCUT2D eigenvalue weighted by atomic mass is 10.2. The number of para-hydroxylation sites is 1. The molecule has 0 unspecified atom stereocenters. The van der Waals surface area contributed by atoms with Crippen LogP contribution in [0.5, 0.6) is 0 Å². The fraction of sp³-hybridized carbons (Fsp3) is 0. The molecule has 2 heterocycles. The second-order valence-electron chi connectivity index (χ2n) is 4.70. The molecule has 1 amide bonds. The maximum Gasteiger partial charge on any atom is 0.259 e. The molecule has 2 N–H and O–H groups in total. The number of anilines is 3. The number of carbonyl (C=O) groups is 1. The Morgan fingerprint density at radius 2 is 1.83 bits per heavy atom. The zero-order valence-corrected chi connectivity index (χ0v) is 12.0. The minimum Gasteiger partial charge on any atom is -0.337 e. The molecule has 0 bridgehead atoms. The van der Waals surface area contributed by atoms with Gasteiger partial charge in [0.25, 0.3) is 5.91 Å². The van der Waals surface area contributed by atoms with Crippen LogP contribution in [-0.4, -0.2) is 15.9 Å². The van der Waals surface area contributed by atoms with E-state index in [0.29, 0.717) is 11.3 Å². The summed E-state index contributed by atoms with van der Waals surface area (Å²) in [5.74, 6) is -0.499. The van der Waals surface area contributed by atoms with Crippen molar-refractivity contribution in [3.63, 3.8) is 0 Å². The van der Waals surface area contributed by atoms with Gasteiger partial charge in [-0.2, -0.15) is 0 Å². The molecule has 0 aliphatic carbocycles. The highest BCUT2D eigenvalue weighted by atomic mass is 19.1. The van der Waals surface area contributed by atoms with Crippen molar-refractivity contribution < 1.29 is 9.18 Å². The molecule has 23 heavy (non-hydrogen) atoms.